The molecule has 2 heterocycles. The van der Waals surface area contributed by atoms with Crippen molar-refractivity contribution in [3.8, 4) is 11.4 Å². The van der Waals surface area contributed by atoms with Gasteiger partial charge in [-0.05, 0) is 31.2 Å². The van der Waals surface area contributed by atoms with Crippen molar-refractivity contribution in [2.75, 3.05) is 0 Å². The number of nitrogens with zero attached hydrogens (tertiary/aromatic N) is 4. The molecule has 1 aromatic heterocycles. The van der Waals surface area contributed by atoms with Crippen LogP contribution in [0.2, 0.25) is 5.02 Å². The lowest BCUT2D eigenvalue weighted by Gasteiger charge is -2.15. The Hall–Kier alpha value is -2.57. The van der Waals surface area contributed by atoms with E-state index in [1.165, 1.54) is 31.2 Å². The van der Waals surface area contributed by atoms with Crippen LogP contribution in [0.5, 0.6) is 0 Å². The van der Waals surface area contributed by atoms with Gasteiger partial charge >= 0.3 is 11.9 Å². The molecular formula is C16H18ClF3N6O3. The highest BCUT2D eigenvalue weighted by molar-refractivity contribution is 6.30. The Morgan fingerprint density at radius 1 is 1.28 bits per heavy atom. The zero-order chi connectivity index (χ0) is 21.3. The summed E-state index contributed by atoms with van der Waals surface area (Å²) in [6.45, 7) is 0.334. The SMILES string of the molecule is CC(O)C1NN=C(Cn2nc(-c3ccc(Cl)cc3)n(CC(O)C(F)(F)F)c2=O)N1. The van der Waals surface area contributed by atoms with E-state index in [0.29, 0.717) is 10.6 Å². The maximum Gasteiger partial charge on any atom is 0.416 e. The van der Waals surface area contributed by atoms with Gasteiger partial charge in [-0.2, -0.15) is 18.3 Å². The molecule has 3 rings (SSSR count). The summed E-state index contributed by atoms with van der Waals surface area (Å²) in [5.74, 6) is 0.204. The summed E-state index contributed by atoms with van der Waals surface area (Å²) in [5, 5.41) is 30.3. The second-order valence-electron chi connectivity index (χ2n) is 6.49. The number of halogens is 4. The van der Waals surface area contributed by atoms with Crippen molar-refractivity contribution in [3.05, 3.63) is 39.8 Å². The van der Waals surface area contributed by atoms with E-state index in [0.717, 1.165) is 9.25 Å². The molecule has 0 spiro atoms. The minimum Gasteiger partial charge on any atom is -0.389 e. The summed E-state index contributed by atoms with van der Waals surface area (Å²) in [6, 6.07) is 6.01. The molecule has 158 valence electrons. The molecule has 0 aliphatic carbocycles. The lowest BCUT2D eigenvalue weighted by Crippen LogP contribution is -2.45. The third-order valence-electron chi connectivity index (χ3n) is 4.20. The van der Waals surface area contributed by atoms with Crippen LogP contribution in [0, 0.1) is 0 Å². The van der Waals surface area contributed by atoms with Gasteiger partial charge in [-0.25, -0.2) is 9.48 Å². The zero-order valence-electron chi connectivity index (χ0n) is 15.1. The molecule has 4 N–H and O–H groups in total. The van der Waals surface area contributed by atoms with Gasteiger partial charge in [0, 0.05) is 10.6 Å². The van der Waals surface area contributed by atoms with Crippen LogP contribution in [0.4, 0.5) is 13.2 Å². The lowest BCUT2D eigenvalue weighted by molar-refractivity contribution is -0.207. The van der Waals surface area contributed by atoms with Crippen molar-refractivity contribution in [1.29, 1.82) is 0 Å². The summed E-state index contributed by atoms with van der Waals surface area (Å²) in [4.78, 5) is 12.7. The molecule has 0 fully saturated rings. The number of hydrogen-bond donors (Lipinski definition) is 4. The molecule has 0 amide bonds. The van der Waals surface area contributed by atoms with Gasteiger partial charge in [0.25, 0.3) is 0 Å². The largest absolute Gasteiger partial charge is 0.416 e. The summed E-state index contributed by atoms with van der Waals surface area (Å²) in [6.07, 6.45) is -8.99. The molecule has 3 atom stereocenters. The summed E-state index contributed by atoms with van der Waals surface area (Å²) >= 11 is 5.84. The molecule has 9 nitrogen and oxygen atoms in total. The topological polar surface area (TPSA) is 117 Å². The molecular weight excluding hydrogens is 417 g/mol. The Bertz CT molecular complexity index is 954. The van der Waals surface area contributed by atoms with Crippen LogP contribution in [0.1, 0.15) is 6.92 Å². The van der Waals surface area contributed by atoms with E-state index in [1.807, 2.05) is 0 Å². The number of hydrazone groups is 1. The highest BCUT2D eigenvalue weighted by atomic mass is 35.5. The summed E-state index contributed by atoms with van der Waals surface area (Å²) in [7, 11) is 0. The van der Waals surface area contributed by atoms with Crippen LogP contribution in [0.15, 0.2) is 34.2 Å². The third-order valence-corrected chi connectivity index (χ3v) is 4.45. The molecule has 2 aromatic rings. The third kappa shape index (κ3) is 4.71. The van der Waals surface area contributed by atoms with Crippen molar-refractivity contribution < 1.29 is 23.4 Å². The highest BCUT2D eigenvalue weighted by Crippen LogP contribution is 2.24. The number of amidine groups is 1. The van der Waals surface area contributed by atoms with Gasteiger partial charge in [0.05, 0.1) is 12.6 Å². The minimum absolute atomic E-state index is 0.0615. The van der Waals surface area contributed by atoms with Gasteiger partial charge in [-0.3, -0.25) is 9.99 Å². The van der Waals surface area contributed by atoms with E-state index in [2.05, 4.69) is 20.9 Å². The second kappa shape index (κ2) is 8.05. The van der Waals surface area contributed by atoms with E-state index in [4.69, 9.17) is 11.6 Å². The van der Waals surface area contributed by atoms with Crippen LogP contribution in [0.3, 0.4) is 0 Å². The first kappa shape index (κ1) is 21.1. The summed E-state index contributed by atoms with van der Waals surface area (Å²) in [5.41, 5.74) is 2.12. The fraction of sp³-hybridized carbons (Fsp3) is 0.438. The first-order chi connectivity index (χ1) is 13.6. The van der Waals surface area contributed by atoms with Gasteiger partial charge in [0.2, 0.25) is 0 Å². The van der Waals surface area contributed by atoms with Crippen LogP contribution in [-0.2, 0) is 13.1 Å². The van der Waals surface area contributed by atoms with Gasteiger partial charge in [-0.15, -0.1) is 5.10 Å². The molecule has 1 aliphatic heterocycles. The Labute approximate surface area is 167 Å². The Kier molecular flexibility index (Phi) is 5.87. The maximum atomic E-state index is 12.8. The van der Waals surface area contributed by atoms with E-state index >= 15 is 0 Å². The van der Waals surface area contributed by atoms with Crippen LogP contribution in [-0.4, -0.2) is 54.9 Å². The number of alkyl halides is 3. The van der Waals surface area contributed by atoms with E-state index < -0.39 is 36.8 Å². The smallest absolute Gasteiger partial charge is 0.389 e. The molecule has 3 unspecified atom stereocenters. The molecule has 0 bridgehead atoms. The monoisotopic (exact) mass is 434 g/mol. The number of benzene rings is 1. The molecule has 13 heteroatoms. The van der Waals surface area contributed by atoms with Crippen molar-refractivity contribution in [2.24, 2.45) is 5.10 Å². The number of hydrogen-bond acceptors (Lipinski definition) is 7. The van der Waals surface area contributed by atoms with Gasteiger partial charge < -0.3 is 15.5 Å². The van der Waals surface area contributed by atoms with Gasteiger partial charge in [-0.1, -0.05) is 11.6 Å². The molecule has 0 saturated carbocycles. The van der Waals surface area contributed by atoms with Crippen molar-refractivity contribution >= 4 is 17.4 Å². The van der Waals surface area contributed by atoms with Crippen molar-refractivity contribution in [2.45, 2.75) is 44.6 Å². The summed E-state index contributed by atoms with van der Waals surface area (Å²) < 4.78 is 40.2. The Morgan fingerprint density at radius 3 is 2.48 bits per heavy atom. The Morgan fingerprint density at radius 2 is 1.93 bits per heavy atom. The predicted molar refractivity (Wildman–Crippen MR) is 98.2 cm³/mol. The van der Waals surface area contributed by atoms with Crippen molar-refractivity contribution in [1.82, 2.24) is 25.1 Å². The standard InChI is InChI=1S/C16H18ClF3N6O3/c1-8(27)13-21-12(22-23-13)7-26-15(29)25(6-11(28)16(18,19)20)14(24-26)9-2-4-10(17)5-3-9/h2-5,8,11,13,23,27-28H,6-7H2,1H3,(H,21,22). The minimum atomic E-state index is -4.90. The molecule has 1 aromatic carbocycles. The van der Waals surface area contributed by atoms with Gasteiger partial charge in [0.15, 0.2) is 11.9 Å². The second-order valence-corrected chi connectivity index (χ2v) is 6.93. The lowest BCUT2D eigenvalue weighted by atomic mass is 10.2. The number of nitrogens with one attached hydrogen (secondary N) is 2. The molecule has 0 radical (unpaired) electrons. The zero-order valence-corrected chi connectivity index (χ0v) is 15.8. The van der Waals surface area contributed by atoms with Crippen LogP contribution >= 0.6 is 11.6 Å². The number of rotatable bonds is 6. The average Bonchev–Trinajstić information content (AvgIpc) is 3.22. The predicted octanol–water partition coefficient (Wildman–Crippen LogP) is 0.502. The number of aliphatic hydroxyl groups excluding tert-OH is 2. The normalized spacial score (nSPS) is 18.7. The van der Waals surface area contributed by atoms with E-state index in [9.17, 15) is 28.2 Å². The van der Waals surface area contributed by atoms with Crippen LogP contribution < -0.4 is 16.4 Å². The average molecular weight is 435 g/mol. The fourth-order valence-electron chi connectivity index (χ4n) is 2.64. The maximum absolute atomic E-state index is 12.8. The van der Waals surface area contributed by atoms with E-state index in [-0.39, 0.29) is 18.2 Å². The van der Waals surface area contributed by atoms with Crippen LogP contribution in [0.25, 0.3) is 11.4 Å². The van der Waals surface area contributed by atoms with Gasteiger partial charge in [0.1, 0.15) is 18.5 Å². The number of aliphatic hydroxyl groups is 2. The highest BCUT2D eigenvalue weighted by Gasteiger charge is 2.39. The first-order valence-electron chi connectivity index (χ1n) is 8.51. The fourth-order valence-corrected chi connectivity index (χ4v) is 2.77. The molecule has 0 saturated heterocycles. The first-order valence-corrected chi connectivity index (χ1v) is 8.89. The molecule has 29 heavy (non-hydrogen) atoms. The van der Waals surface area contributed by atoms with Crippen molar-refractivity contribution in [3.63, 3.8) is 0 Å². The molecule has 1 aliphatic rings. The quantitative estimate of drug-likeness (QED) is 0.526. The Balaban J connectivity index is 1.95. The number of aromatic nitrogens is 3. The van der Waals surface area contributed by atoms with E-state index in [1.54, 1.807) is 0 Å².